The fourth-order valence-corrected chi connectivity index (χ4v) is 2.02. The zero-order valence-electron chi connectivity index (χ0n) is 8.72. The predicted molar refractivity (Wildman–Crippen MR) is 71.6 cm³/mol. The molecule has 1 aliphatic rings. The smallest absolute Gasteiger partial charge is 0.266 e. The second kappa shape index (κ2) is 5.44. The summed E-state index contributed by atoms with van der Waals surface area (Å²) >= 11 is 2.00. The van der Waals surface area contributed by atoms with E-state index in [-0.39, 0.29) is 5.56 Å². The average Bonchev–Trinajstić information content (AvgIpc) is 2.32. The average molecular weight is 332 g/mol. The molecule has 0 atom stereocenters. The van der Waals surface area contributed by atoms with Crippen LogP contribution in [-0.4, -0.2) is 29.6 Å². The number of hydrogen-bond acceptors (Lipinski definition) is 4. The third-order valence-corrected chi connectivity index (χ3v) is 3.44. The Morgan fingerprint density at radius 3 is 3.19 bits per heavy atom. The maximum atomic E-state index is 11.3. The Morgan fingerprint density at radius 2 is 2.44 bits per heavy atom. The van der Waals surface area contributed by atoms with Crippen LogP contribution in [0.2, 0.25) is 0 Å². The number of aromatic amines is 1. The van der Waals surface area contributed by atoms with Crippen LogP contribution in [-0.2, 0) is 0 Å². The second-order valence-electron chi connectivity index (χ2n) is 3.56. The van der Waals surface area contributed by atoms with Gasteiger partial charge in [-0.2, -0.15) is 0 Å². The van der Waals surface area contributed by atoms with Gasteiger partial charge in [-0.3, -0.25) is 4.79 Å². The van der Waals surface area contributed by atoms with E-state index in [0.717, 1.165) is 26.1 Å². The summed E-state index contributed by atoms with van der Waals surface area (Å²) in [5.41, 5.74) is 1.26. The van der Waals surface area contributed by atoms with Crippen molar-refractivity contribution in [3.8, 4) is 0 Å². The van der Waals surface area contributed by atoms with Crippen LogP contribution in [0.15, 0.2) is 22.8 Å². The van der Waals surface area contributed by atoms with Crippen molar-refractivity contribution < 1.29 is 0 Å². The molecule has 0 radical (unpaired) electrons. The molecular formula is C10H13IN4O. The number of rotatable bonds is 3. The van der Waals surface area contributed by atoms with Gasteiger partial charge in [0.1, 0.15) is 9.39 Å². The molecule has 0 bridgehead atoms. The van der Waals surface area contributed by atoms with E-state index in [9.17, 15) is 4.79 Å². The number of H-pyrrole nitrogens is 1. The highest BCUT2D eigenvalue weighted by Gasteiger charge is 2.06. The Hall–Kier alpha value is -0.890. The van der Waals surface area contributed by atoms with Gasteiger partial charge in [-0.1, -0.05) is 11.6 Å². The Balaban J connectivity index is 2.02. The maximum absolute atomic E-state index is 11.3. The molecule has 1 aromatic rings. The van der Waals surface area contributed by atoms with Crippen molar-refractivity contribution >= 4 is 28.4 Å². The van der Waals surface area contributed by atoms with Crippen LogP contribution in [0.5, 0.6) is 0 Å². The van der Waals surface area contributed by atoms with Crippen LogP contribution < -0.4 is 16.2 Å². The molecule has 0 spiro atoms. The highest BCUT2D eigenvalue weighted by Crippen LogP contribution is 2.11. The van der Waals surface area contributed by atoms with Crippen LogP contribution in [0.1, 0.15) is 6.42 Å². The van der Waals surface area contributed by atoms with E-state index >= 15 is 0 Å². The van der Waals surface area contributed by atoms with Gasteiger partial charge in [0.05, 0.1) is 6.33 Å². The normalized spacial score (nSPS) is 15.7. The van der Waals surface area contributed by atoms with Gasteiger partial charge in [-0.05, 0) is 35.6 Å². The van der Waals surface area contributed by atoms with Crippen molar-refractivity contribution in [3.05, 3.63) is 31.9 Å². The van der Waals surface area contributed by atoms with Gasteiger partial charge in [-0.25, -0.2) is 4.98 Å². The molecule has 2 heterocycles. The minimum atomic E-state index is -0.0996. The molecule has 0 unspecified atom stereocenters. The first-order valence-electron chi connectivity index (χ1n) is 5.13. The van der Waals surface area contributed by atoms with Crippen LogP contribution in [0.25, 0.3) is 0 Å². The van der Waals surface area contributed by atoms with E-state index in [1.165, 1.54) is 11.9 Å². The Morgan fingerprint density at radius 1 is 1.56 bits per heavy atom. The minimum Gasteiger partial charge on any atom is -0.365 e. The van der Waals surface area contributed by atoms with Gasteiger partial charge in [0.2, 0.25) is 0 Å². The number of nitrogens with one attached hydrogen (secondary N) is 3. The molecule has 1 aliphatic heterocycles. The lowest BCUT2D eigenvalue weighted by molar-refractivity contribution is 0.697. The summed E-state index contributed by atoms with van der Waals surface area (Å²) in [5.74, 6) is 0.656. The first kappa shape index (κ1) is 11.6. The number of nitrogens with zero attached hydrogens (tertiary/aromatic N) is 1. The van der Waals surface area contributed by atoms with E-state index in [1.54, 1.807) is 0 Å². The quantitative estimate of drug-likeness (QED) is 0.563. The van der Waals surface area contributed by atoms with Crippen LogP contribution in [0, 0.1) is 3.57 Å². The lowest BCUT2D eigenvalue weighted by atomic mass is 10.1. The van der Waals surface area contributed by atoms with Gasteiger partial charge in [0.15, 0.2) is 0 Å². The predicted octanol–water partition coefficient (Wildman–Crippen LogP) is 0.706. The lowest BCUT2D eigenvalue weighted by Crippen LogP contribution is -2.24. The summed E-state index contributed by atoms with van der Waals surface area (Å²) in [7, 11) is 0. The molecule has 0 saturated heterocycles. The van der Waals surface area contributed by atoms with Crippen molar-refractivity contribution in [3.63, 3.8) is 0 Å². The largest absolute Gasteiger partial charge is 0.365 e. The van der Waals surface area contributed by atoms with E-state index in [4.69, 9.17) is 0 Å². The van der Waals surface area contributed by atoms with Gasteiger partial charge >= 0.3 is 0 Å². The molecule has 0 aromatic carbocycles. The van der Waals surface area contributed by atoms with Crippen molar-refractivity contribution in [2.75, 3.05) is 25.0 Å². The SMILES string of the molecule is O=c1[nH]cnc(NCC2=CCNCC2)c1I. The number of aromatic nitrogens is 2. The van der Waals surface area contributed by atoms with E-state index in [0.29, 0.717) is 9.39 Å². The van der Waals surface area contributed by atoms with Crippen LogP contribution in [0.3, 0.4) is 0 Å². The van der Waals surface area contributed by atoms with E-state index in [2.05, 4.69) is 26.7 Å². The highest BCUT2D eigenvalue weighted by molar-refractivity contribution is 14.1. The first-order chi connectivity index (χ1) is 7.77. The topological polar surface area (TPSA) is 69.8 Å². The molecule has 0 saturated carbocycles. The number of hydrogen-bond donors (Lipinski definition) is 3. The molecular weight excluding hydrogens is 319 g/mol. The monoisotopic (exact) mass is 332 g/mol. The fraction of sp³-hybridized carbons (Fsp3) is 0.400. The second-order valence-corrected chi connectivity index (χ2v) is 4.64. The summed E-state index contributed by atoms with van der Waals surface area (Å²) in [4.78, 5) is 18.0. The van der Waals surface area contributed by atoms with E-state index < -0.39 is 0 Å². The van der Waals surface area contributed by atoms with Crippen LogP contribution >= 0.6 is 22.6 Å². The first-order valence-corrected chi connectivity index (χ1v) is 6.21. The summed E-state index contributed by atoms with van der Waals surface area (Å²) < 4.78 is 0.606. The molecule has 6 heteroatoms. The van der Waals surface area contributed by atoms with Gasteiger partial charge < -0.3 is 15.6 Å². The van der Waals surface area contributed by atoms with E-state index in [1.807, 2.05) is 22.6 Å². The summed E-state index contributed by atoms with van der Waals surface area (Å²) in [6, 6.07) is 0. The Bertz CT molecular complexity index is 454. The molecule has 86 valence electrons. The summed E-state index contributed by atoms with van der Waals surface area (Å²) in [5, 5.41) is 6.45. The fourth-order valence-electron chi connectivity index (χ4n) is 1.53. The molecule has 0 aliphatic carbocycles. The maximum Gasteiger partial charge on any atom is 0.266 e. The molecule has 16 heavy (non-hydrogen) atoms. The zero-order valence-corrected chi connectivity index (χ0v) is 10.9. The molecule has 0 amide bonds. The zero-order chi connectivity index (χ0) is 11.4. The highest BCUT2D eigenvalue weighted by atomic mass is 127. The van der Waals surface area contributed by atoms with Crippen molar-refractivity contribution in [1.82, 2.24) is 15.3 Å². The third-order valence-electron chi connectivity index (χ3n) is 2.44. The van der Waals surface area contributed by atoms with Crippen molar-refractivity contribution in [1.29, 1.82) is 0 Å². The summed E-state index contributed by atoms with van der Waals surface area (Å²) in [6.45, 7) is 2.71. The van der Waals surface area contributed by atoms with Crippen LogP contribution in [0.4, 0.5) is 5.82 Å². The molecule has 2 rings (SSSR count). The Kier molecular flexibility index (Phi) is 3.94. The number of anilines is 1. The van der Waals surface area contributed by atoms with Crippen molar-refractivity contribution in [2.24, 2.45) is 0 Å². The van der Waals surface area contributed by atoms with Gasteiger partial charge in [0.25, 0.3) is 5.56 Å². The molecule has 3 N–H and O–H groups in total. The molecule has 5 nitrogen and oxygen atoms in total. The van der Waals surface area contributed by atoms with Crippen molar-refractivity contribution in [2.45, 2.75) is 6.42 Å². The number of halogens is 1. The minimum absolute atomic E-state index is 0.0996. The standard InChI is InChI=1S/C10H13IN4O/c11-8-9(14-6-15-10(8)16)13-5-7-1-3-12-4-2-7/h1,6,12H,2-5H2,(H2,13,14,15,16). The summed E-state index contributed by atoms with van der Waals surface area (Å²) in [6.07, 6.45) is 4.65. The molecule has 0 fully saturated rings. The molecule has 1 aromatic heterocycles. The van der Waals surface area contributed by atoms with Gasteiger partial charge in [0, 0.05) is 13.1 Å². The Labute approximate surface area is 107 Å². The third kappa shape index (κ3) is 2.82. The lowest BCUT2D eigenvalue weighted by Gasteiger charge is -2.15. The van der Waals surface area contributed by atoms with Gasteiger partial charge in [-0.15, -0.1) is 0 Å².